The number of guanidine groups is 1. The van der Waals surface area contributed by atoms with Crippen molar-refractivity contribution in [3.8, 4) is 5.75 Å². The third-order valence-electron chi connectivity index (χ3n) is 3.86. The molecular weight excluding hydrogens is 457 g/mol. The summed E-state index contributed by atoms with van der Waals surface area (Å²) in [5.74, 6) is 3.09. The monoisotopic (exact) mass is 487 g/mol. The summed E-state index contributed by atoms with van der Waals surface area (Å²) in [6.45, 7) is 8.28. The van der Waals surface area contributed by atoms with Crippen molar-refractivity contribution in [1.82, 2.24) is 20.8 Å². The third kappa shape index (κ3) is 8.15. The zero-order chi connectivity index (χ0) is 18.8. The highest BCUT2D eigenvalue weighted by Gasteiger charge is 2.05. The highest BCUT2D eigenvalue weighted by Crippen LogP contribution is 2.19. The number of nitrogens with one attached hydrogen (secondary N) is 2. The normalized spacial score (nSPS) is 11.0. The van der Waals surface area contributed by atoms with Crippen LogP contribution in [0.15, 0.2) is 27.7 Å². The maximum atomic E-state index is 5.44. The van der Waals surface area contributed by atoms with E-state index >= 15 is 0 Å². The van der Waals surface area contributed by atoms with Gasteiger partial charge in [0.15, 0.2) is 11.8 Å². The lowest BCUT2D eigenvalue weighted by atomic mass is 10.1. The largest absolute Gasteiger partial charge is 0.496 e. The average molecular weight is 487 g/mol. The summed E-state index contributed by atoms with van der Waals surface area (Å²) in [5, 5.41) is 10.4. The van der Waals surface area contributed by atoms with Crippen LogP contribution in [0.3, 0.4) is 0 Å². The molecule has 2 N–H and O–H groups in total. The van der Waals surface area contributed by atoms with Crippen molar-refractivity contribution in [2.45, 2.75) is 40.0 Å². The number of methoxy groups -OCH3 is 1. The summed E-state index contributed by atoms with van der Waals surface area (Å²) in [5.41, 5.74) is 2.43. The molecule has 0 saturated heterocycles. The van der Waals surface area contributed by atoms with E-state index in [1.807, 2.05) is 13.0 Å². The predicted octanol–water partition coefficient (Wildman–Crippen LogP) is 3.04. The average Bonchev–Trinajstić information content (AvgIpc) is 3.04. The molecule has 27 heavy (non-hydrogen) atoms. The minimum atomic E-state index is 0. The first-order valence-electron chi connectivity index (χ1n) is 9.07. The Morgan fingerprint density at radius 1 is 1.22 bits per heavy atom. The minimum absolute atomic E-state index is 0. The molecule has 1 aromatic carbocycles. The summed E-state index contributed by atoms with van der Waals surface area (Å²) in [6, 6.07) is 6.24. The number of benzene rings is 1. The number of ether oxygens (including phenoxy) is 1. The van der Waals surface area contributed by atoms with Crippen LogP contribution in [0.1, 0.15) is 36.2 Å². The number of halogens is 1. The Labute approximate surface area is 178 Å². The number of hydrogen-bond donors (Lipinski definition) is 2. The Balaban J connectivity index is 0.00000364. The van der Waals surface area contributed by atoms with Gasteiger partial charge in [0.2, 0.25) is 5.89 Å². The fourth-order valence-corrected chi connectivity index (χ4v) is 2.62. The molecule has 8 heteroatoms. The first-order valence-corrected chi connectivity index (χ1v) is 9.07. The SMILES string of the molecule is CCNC(=NCCCc1nc(C)no1)NCCc1cc(C)ccc1OC.I. The van der Waals surface area contributed by atoms with Crippen molar-refractivity contribution < 1.29 is 9.26 Å². The second-order valence-electron chi connectivity index (χ2n) is 6.09. The number of rotatable bonds is 9. The second kappa shape index (κ2) is 12.5. The van der Waals surface area contributed by atoms with Gasteiger partial charge >= 0.3 is 0 Å². The zero-order valence-electron chi connectivity index (χ0n) is 16.5. The standard InChI is InChI=1S/C19H29N5O2.HI/c1-5-20-19(21-11-6-7-18-23-15(3)24-26-18)22-12-10-16-13-14(2)8-9-17(16)25-4;/h8-9,13H,5-7,10-12H2,1-4H3,(H2,20,21,22);1H. The molecule has 2 aromatic rings. The predicted molar refractivity (Wildman–Crippen MR) is 118 cm³/mol. The molecule has 0 saturated carbocycles. The van der Waals surface area contributed by atoms with Crippen molar-refractivity contribution in [2.24, 2.45) is 4.99 Å². The highest BCUT2D eigenvalue weighted by atomic mass is 127. The first kappa shape index (κ1) is 23.2. The molecule has 1 aromatic heterocycles. The Bertz CT molecular complexity index is 718. The van der Waals surface area contributed by atoms with E-state index in [4.69, 9.17) is 9.26 Å². The molecule has 1 heterocycles. The quantitative estimate of drug-likeness (QED) is 0.245. The van der Waals surface area contributed by atoms with Gasteiger partial charge in [0, 0.05) is 26.1 Å². The molecule has 0 amide bonds. The van der Waals surface area contributed by atoms with E-state index in [1.165, 1.54) is 11.1 Å². The van der Waals surface area contributed by atoms with Crippen LogP contribution in [0.2, 0.25) is 0 Å². The summed E-state index contributed by atoms with van der Waals surface area (Å²) >= 11 is 0. The van der Waals surface area contributed by atoms with Gasteiger partial charge in [0.05, 0.1) is 7.11 Å². The van der Waals surface area contributed by atoms with Gasteiger partial charge in [0.25, 0.3) is 0 Å². The molecule has 0 fully saturated rings. The lowest BCUT2D eigenvalue weighted by Gasteiger charge is -2.13. The van der Waals surface area contributed by atoms with E-state index in [9.17, 15) is 0 Å². The number of aromatic nitrogens is 2. The van der Waals surface area contributed by atoms with Crippen LogP contribution in [0.4, 0.5) is 0 Å². The van der Waals surface area contributed by atoms with Crippen molar-refractivity contribution in [3.63, 3.8) is 0 Å². The van der Waals surface area contributed by atoms with Gasteiger partial charge in [-0.25, -0.2) is 0 Å². The topological polar surface area (TPSA) is 84.6 Å². The Kier molecular flexibility index (Phi) is 10.8. The summed E-state index contributed by atoms with van der Waals surface area (Å²) < 4.78 is 10.5. The van der Waals surface area contributed by atoms with Gasteiger partial charge in [-0.2, -0.15) is 4.98 Å². The van der Waals surface area contributed by atoms with E-state index in [0.717, 1.165) is 44.1 Å². The molecule has 7 nitrogen and oxygen atoms in total. The van der Waals surface area contributed by atoms with Crippen LogP contribution < -0.4 is 15.4 Å². The van der Waals surface area contributed by atoms with Gasteiger partial charge < -0.3 is 19.9 Å². The smallest absolute Gasteiger partial charge is 0.226 e. The summed E-state index contributed by atoms with van der Waals surface area (Å²) in [7, 11) is 1.71. The maximum absolute atomic E-state index is 5.44. The van der Waals surface area contributed by atoms with Gasteiger partial charge in [-0.15, -0.1) is 24.0 Å². The number of nitrogens with zero attached hydrogens (tertiary/aromatic N) is 3. The minimum Gasteiger partial charge on any atom is -0.496 e. The molecule has 2 rings (SSSR count). The van der Waals surface area contributed by atoms with Crippen molar-refractivity contribution in [1.29, 1.82) is 0 Å². The Morgan fingerprint density at radius 2 is 2.04 bits per heavy atom. The zero-order valence-corrected chi connectivity index (χ0v) is 18.9. The van der Waals surface area contributed by atoms with E-state index in [0.29, 0.717) is 18.3 Å². The Morgan fingerprint density at radius 3 is 2.70 bits per heavy atom. The van der Waals surface area contributed by atoms with Gasteiger partial charge in [-0.3, -0.25) is 4.99 Å². The molecule has 0 bridgehead atoms. The lowest BCUT2D eigenvalue weighted by molar-refractivity contribution is 0.372. The number of aryl methyl sites for hydroxylation is 3. The van der Waals surface area contributed by atoms with Crippen LogP contribution >= 0.6 is 24.0 Å². The first-order chi connectivity index (χ1) is 12.6. The molecular formula is C19H30IN5O2. The highest BCUT2D eigenvalue weighted by molar-refractivity contribution is 14.0. The molecule has 0 aliphatic heterocycles. The molecule has 0 unspecified atom stereocenters. The number of aliphatic imine (C=N–C) groups is 1. The van der Waals surface area contributed by atoms with Crippen LogP contribution in [0.25, 0.3) is 0 Å². The van der Waals surface area contributed by atoms with Crippen LogP contribution in [-0.4, -0.2) is 42.8 Å². The fourth-order valence-electron chi connectivity index (χ4n) is 2.62. The maximum Gasteiger partial charge on any atom is 0.226 e. The molecule has 0 atom stereocenters. The number of hydrogen-bond acceptors (Lipinski definition) is 5. The van der Waals surface area contributed by atoms with E-state index in [2.05, 4.69) is 51.7 Å². The van der Waals surface area contributed by atoms with Crippen LogP contribution in [-0.2, 0) is 12.8 Å². The van der Waals surface area contributed by atoms with Gasteiger partial charge in [-0.1, -0.05) is 22.9 Å². The molecule has 150 valence electrons. The van der Waals surface area contributed by atoms with E-state index in [-0.39, 0.29) is 24.0 Å². The molecule has 0 radical (unpaired) electrons. The van der Waals surface area contributed by atoms with E-state index < -0.39 is 0 Å². The molecule has 0 aliphatic rings. The van der Waals surface area contributed by atoms with Crippen molar-refractivity contribution in [2.75, 3.05) is 26.7 Å². The van der Waals surface area contributed by atoms with Gasteiger partial charge in [-0.05, 0) is 45.2 Å². The lowest BCUT2D eigenvalue weighted by Crippen LogP contribution is -2.38. The molecule has 0 aliphatic carbocycles. The summed E-state index contributed by atoms with van der Waals surface area (Å²) in [4.78, 5) is 8.80. The fraction of sp³-hybridized carbons (Fsp3) is 0.526. The van der Waals surface area contributed by atoms with Crippen LogP contribution in [0, 0.1) is 13.8 Å². The van der Waals surface area contributed by atoms with Gasteiger partial charge in [0.1, 0.15) is 5.75 Å². The third-order valence-corrected chi connectivity index (χ3v) is 3.86. The molecule has 0 spiro atoms. The Hall–Kier alpha value is -1.84. The van der Waals surface area contributed by atoms with Crippen molar-refractivity contribution in [3.05, 3.63) is 41.0 Å². The summed E-state index contributed by atoms with van der Waals surface area (Å²) in [6.07, 6.45) is 2.48. The second-order valence-corrected chi connectivity index (χ2v) is 6.09. The van der Waals surface area contributed by atoms with Crippen LogP contribution in [0.5, 0.6) is 5.75 Å². The van der Waals surface area contributed by atoms with Crippen molar-refractivity contribution >= 4 is 29.9 Å². The van der Waals surface area contributed by atoms with E-state index in [1.54, 1.807) is 7.11 Å².